The highest BCUT2D eigenvalue weighted by molar-refractivity contribution is 7.99. The number of hydrogen-bond acceptors (Lipinski definition) is 2. The molecule has 0 amide bonds. The van der Waals surface area contributed by atoms with E-state index in [4.69, 9.17) is 23.2 Å². The van der Waals surface area contributed by atoms with Crippen molar-refractivity contribution in [1.82, 2.24) is 4.90 Å². The van der Waals surface area contributed by atoms with E-state index in [9.17, 15) is 4.39 Å². The van der Waals surface area contributed by atoms with Crippen LogP contribution in [0.3, 0.4) is 0 Å². The molecular formula is C15H15Cl3FNS. The molecule has 0 radical (unpaired) electrons. The molecule has 2 aromatic rings. The van der Waals surface area contributed by atoms with E-state index in [0.717, 1.165) is 21.9 Å². The highest BCUT2D eigenvalue weighted by atomic mass is 35.5. The standard InChI is InChI=1S/C15H14Cl2FNS.ClH/c1-19(2)9-10-3-5-12(18)8-15(10)20-14-6-4-11(16)7-13(14)17;/h3-8H,9H2,1-2H3;1H. The molecule has 114 valence electrons. The number of halogens is 4. The van der Waals surface area contributed by atoms with Gasteiger partial charge in [-0.15, -0.1) is 12.4 Å². The Hall–Kier alpha value is -0.450. The van der Waals surface area contributed by atoms with Gasteiger partial charge in [0, 0.05) is 21.4 Å². The monoisotopic (exact) mass is 365 g/mol. The van der Waals surface area contributed by atoms with Gasteiger partial charge in [0.05, 0.1) is 5.02 Å². The van der Waals surface area contributed by atoms with E-state index in [2.05, 4.69) is 0 Å². The lowest BCUT2D eigenvalue weighted by molar-refractivity contribution is 0.398. The van der Waals surface area contributed by atoms with Crippen molar-refractivity contribution in [2.24, 2.45) is 0 Å². The first-order chi connectivity index (χ1) is 9.45. The summed E-state index contributed by atoms with van der Waals surface area (Å²) in [5.74, 6) is -0.250. The predicted molar refractivity (Wildman–Crippen MR) is 91.6 cm³/mol. The van der Waals surface area contributed by atoms with Gasteiger partial charge in [0.2, 0.25) is 0 Å². The van der Waals surface area contributed by atoms with Gasteiger partial charge >= 0.3 is 0 Å². The molecule has 0 aliphatic heterocycles. The first-order valence-electron chi connectivity index (χ1n) is 6.02. The normalized spacial score (nSPS) is 10.6. The van der Waals surface area contributed by atoms with Gasteiger partial charge < -0.3 is 4.90 Å². The molecule has 2 rings (SSSR count). The van der Waals surface area contributed by atoms with Crippen LogP contribution >= 0.6 is 47.4 Å². The van der Waals surface area contributed by atoms with E-state index < -0.39 is 0 Å². The van der Waals surface area contributed by atoms with Gasteiger partial charge in [0.1, 0.15) is 5.82 Å². The van der Waals surface area contributed by atoms with Crippen LogP contribution in [0, 0.1) is 5.82 Å². The summed E-state index contributed by atoms with van der Waals surface area (Å²) in [6.07, 6.45) is 0. The van der Waals surface area contributed by atoms with Gasteiger partial charge in [-0.05, 0) is 50.0 Å². The maximum atomic E-state index is 13.5. The second kappa shape index (κ2) is 8.25. The Morgan fingerprint density at radius 1 is 1.05 bits per heavy atom. The van der Waals surface area contributed by atoms with Gasteiger partial charge in [-0.25, -0.2) is 4.39 Å². The van der Waals surface area contributed by atoms with Crippen LogP contribution in [0.4, 0.5) is 4.39 Å². The van der Waals surface area contributed by atoms with Crippen LogP contribution in [-0.4, -0.2) is 19.0 Å². The van der Waals surface area contributed by atoms with Gasteiger partial charge in [-0.2, -0.15) is 0 Å². The van der Waals surface area contributed by atoms with Crippen LogP contribution in [0.25, 0.3) is 0 Å². The minimum absolute atomic E-state index is 0. The first-order valence-corrected chi connectivity index (χ1v) is 7.59. The van der Waals surface area contributed by atoms with Crippen LogP contribution in [0.5, 0.6) is 0 Å². The van der Waals surface area contributed by atoms with Gasteiger partial charge in [-0.3, -0.25) is 0 Å². The number of benzene rings is 2. The fourth-order valence-corrected chi connectivity index (χ4v) is 3.26. The van der Waals surface area contributed by atoms with Crippen molar-refractivity contribution in [2.45, 2.75) is 16.3 Å². The van der Waals surface area contributed by atoms with E-state index in [1.165, 1.54) is 23.9 Å². The van der Waals surface area contributed by atoms with Crippen LogP contribution < -0.4 is 0 Å². The topological polar surface area (TPSA) is 3.24 Å². The average molecular weight is 367 g/mol. The van der Waals surface area contributed by atoms with Crippen molar-refractivity contribution in [3.05, 3.63) is 57.8 Å². The molecule has 0 atom stereocenters. The summed E-state index contributed by atoms with van der Waals surface area (Å²) in [4.78, 5) is 3.77. The van der Waals surface area contributed by atoms with E-state index in [1.54, 1.807) is 12.1 Å². The second-order valence-electron chi connectivity index (χ2n) is 4.67. The number of nitrogens with zero attached hydrogens (tertiary/aromatic N) is 1. The zero-order chi connectivity index (χ0) is 14.7. The third kappa shape index (κ3) is 5.35. The molecule has 0 unspecified atom stereocenters. The predicted octanol–water partition coefficient (Wildman–Crippen LogP) is 5.77. The SMILES string of the molecule is CN(C)Cc1ccc(F)cc1Sc1ccc(Cl)cc1Cl.Cl. The molecule has 6 heteroatoms. The summed E-state index contributed by atoms with van der Waals surface area (Å²) in [6.45, 7) is 0.744. The highest BCUT2D eigenvalue weighted by Crippen LogP contribution is 2.37. The summed E-state index contributed by atoms with van der Waals surface area (Å²) in [7, 11) is 3.96. The lowest BCUT2D eigenvalue weighted by atomic mass is 10.2. The largest absolute Gasteiger partial charge is 0.305 e. The number of hydrogen-bond donors (Lipinski definition) is 0. The fraction of sp³-hybridized carbons (Fsp3) is 0.200. The molecule has 0 aliphatic carbocycles. The van der Waals surface area contributed by atoms with Crippen LogP contribution in [0.15, 0.2) is 46.2 Å². The Morgan fingerprint density at radius 3 is 2.38 bits per heavy atom. The molecule has 0 heterocycles. The molecule has 0 saturated carbocycles. The molecule has 0 aliphatic rings. The second-order valence-corrected chi connectivity index (χ2v) is 6.59. The summed E-state index contributed by atoms with van der Waals surface area (Å²) < 4.78 is 13.5. The van der Waals surface area contributed by atoms with Gasteiger partial charge in [0.25, 0.3) is 0 Å². The van der Waals surface area contributed by atoms with Gasteiger partial charge in [-0.1, -0.05) is 41.0 Å². The Kier molecular flexibility index (Phi) is 7.31. The molecular weight excluding hydrogens is 352 g/mol. The maximum Gasteiger partial charge on any atom is 0.124 e. The molecule has 0 bridgehead atoms. The van der Waals surface area contributed by atoms with Crippen molar-refractivity contribution in [1.29, 1.82) is 0 Å². The van der Waals surface area contributed by atoms with E-state index >= 15 is 0 Å². The van der Waals surface area contributed by atoms with E-state index in [1.807, 2.05) is 31.1 Å². The summed E-state index contributed by atoms with van der Waals surface area (Å²) in [5, 5.41) is 1.16. The van der Waals surface area contributed by atoms with Crippen LogP contribution in [0.1, 0.15) is 5.56 Å². The highest BCUT2D eigenvalue weighted by Gasteiger charge is 2.10. The maximum absolute atomic E-state index is 13.5. The third-order valence-electron chi connectivity index (χ3n) is 2.63. The van der Waals surface area contributed by atoms with E-state index in [-0.39, 0.29) is 18.2 Å². The number of rotatable bonds is 4. The molecule has 0 fully saturated rings. The lowest BCUT2D eigenvalue weighted by Crippen LogP contribution is -2.11. The first kappa shape index (κ1) is 18.6. The third-order valence-corrected chi connectivity index (χ3v) is 4.47. The molecule has 0 spiro atoms. The Bertz CT molecular complexity index is 620. The zero-order valence-corrected chi connectivity index (χ0v) is 14.7. The quantitative estimate of drug-likeness (QED) is 0.676. The van der Waals surface area contributed by atoms with Crippen molar-refractivity contribution in [3.8, 4) is 0 Å². The van der Waals surface area contributed by atoms with Crippen LogP contribution in [0.2, 0.25) is 10.0 Å². The molecule has 2 aromatic carbocycles. The molecule has 21 heavy (non-hydrogen) atoms. The van der Waals surface area contributed by atoms with Crippen molar-refractivity contribution < 1.29 is 4.39 Å². The smallest absolute Gasteiger partial charge is 0.124 e. The van der Waals surface area contributed by atoms with Gasteiger partial charge in [0.15, 0.2) is 0 Å². The van der Waals surface area contributed by atoms with Crippen molar-refractivity contribution in [2.75, 3.05) is 14.1 Å². The Morgan fingerprint density at radius 2 is 1.76 bits per heavy atom. The summed E-state index contributed by atoms with van der Waals surface area (Å²) >= 11 is 13.5. The minimum atomic E-state index is -0.250. The molecule has 1 nitrogen and oxygen atoms in total. The van der Waals surface area contributed by atoms with E-state index in [0.29, 0.717) is 10.0 Å². The molecule has 0 saturated heterocycles. The van der Waals surface area contributed by atoms with Crippen LogP contribution in [-0.2, 0) is 6.54 Å². The zero-order valence-electron chi connectivity index (χ0n) is 11.6. The Balaban J connectivity index is 0.00000220. The minimum Gasteiger partial charge on any atom is -0.305 e. The summed E-state index contributed by atoms with van der Waals surface area (Å²) in [5.41, 5.74) is 1.06. The average Bonchev–Trinajstić information content (AvgIpc) is 2.35. The Labute approximate surface area is 144 Å². The lowest BCUT2D eigenvalue weighted by Gasteiger charge is -2.14. The molecule has 0 aromatic heterocycles. The molecule has 0 N–H and O–H groups in total. The van der Waals surface area contributed by atoms with Crippen molar-refractivity contribution >= 4 is 47.4 Å². The fourth-order valence-electron chi connectivity index (χ4n) is 1.77. The summed E-state index contributed by atoms with van der Waals surface area (Å²) in [6, 6.07) is 10.1. The van der Waals surface area contributed by atoms with Crippen molar-refractivity contribution in [3.63, 3.8) is 0 Å².